The highest BCUT2D eigenvalue weighted by molar-refractivity contribution is 5.81. The van der Waals surface area contributed by atoms with Crippen LogP contribution in [0.25, 0.3) is 11.2 Å². The van der Waals surface area contributed by atoms with E-state index in [4.69, 9.17) is 15.2 Å². The summed E-state index contributed by atoms with van der Waals surface area (Å²) in [5.74, 6) is 0.908. The van der Waals surface area contributed by atoms with Crippen LogP contribution in [0.2, 0.25) is 0 Å². The van der Waals surface area contributed by atoms with Crippen LogP contribution in [0.5, 0.6) is 17.6 Å². The van der Waals surface area contributed by atoms with Crippen molar-refractivity contribution in [3.05, 3.63) is 58.4 Å². The Kier molecular flexibility index (Phi) is 8.00. The van der Waals surface area contributed by atoms with Crippen LogP contribution in [-0.2, 0) is 13.1 Å². The van der Waals surface area contributed by atoms with E-state index in [2.05, 4.69) is 30.2 Å². The number of H-pyrrole nitrogens is 1. The highest BCUT2D eigenvalue weighted by atomic mass is 19.3. The number of alkyl halides is 2. The average Bonchev–Trinajstić information content (AvgIpc) is 3.17. The number of ether oxygens (including phenoxy) is 2. The van der Waals surface area contributed by atoms with Crippen molar-refractivity contribution in [2.75, 3.05) is 18.9 Å². The third-order valence-electron chi connectivity index (χ3n) is 5.12. The third-order valence-corrected chi connectivity index (χ3v) is 5.12. The average molecular weight is 501 g/mol. The zero-order valence-electron chi connectivity index (χ0n) is 19.6. The highest BCUT2D eigenvalue weighted by Crippen LogP contribution is 2.21. The van der Waals surface area contributed by atoms with E-state index in [1.54, 1.807) is 30.5 Å². The van der Waals surface area contributed by atoms with Gasteiger partial charge in [0.2, 0.25) is 5.88 Å². The molecule has 0 bridgehead atoms. The van der Waals surface area contributed by atoms with Crippen LogP contribution in [0, 0.1) is 0 Å². The van der Waals surface area contributed by atoms with Gasteiger partial charge in [0.15, 0.2) is 11.5 Å². The lowest BCUT2D eigenvalue weighted by molar-refractivity contribution is 0.145. The molecule has 190 valence electrons. The van der Waals surface area contributed by atoms with Gasteiger partial charge in [0.05, 0.1) is 31.6 Å². The summed E-state index contributed by atoms with van der Waals surface area (Å²) in [5.41, 5.74) is 7.64. The van der Waals surface area contributed by atoms with Crippen molar-refractivity contribution in [2.45, 2.75) is 39.3 Å². The van der Waals surface area contributed by atoms with E-state index in [-0.39, 0.29) is 30.6 Å². The van der Waals surface area contributed by atoms with Gasteiger partial charge in [0.25, 0.3) is 6.43 Å². The fraction of sp³-hybridized carbons (Fsp3) is 0.348. The van der Waals surface area contributed by atoms with Gasteiger partial charge in [0.1, 0.15) is 11.3 Å². The number of imidazole rings is 1. The normalized spacial score (nSPS) is 11.3. The second-order valence-corrected chi connectivity index (χ2v) is 7.92. The summed E-state index contributed by atoms with van der Waals surface area (Å²) < 4.78 is 37.1. The van der Waals surface area contributed by atoms with Crippen molar-refractivity contribution < 1.29 is 18.3 Å². The Morgan fingerprint density at radius 3 is 2.72 bits per heavy atom. The molecule has 4 N–H and O–H groups in total. The molecule has 0 aliphatic carbocycles. The summed E-state index contributed by atoms with van der Waals surface area (Å²) in [6.45, 7) is 2.53. The molecule has 0 fully saturated rings. The van der Waals surface area contributed by atoms with Crippen LogP contribution in [-0.4, -0.2) is 49.1 Å². The SMILES string of the molecule is CCCCOc1nc(N)c2[nH]c(=O)n(Cc3ccc(Oc4ccc(CNCC(F)F)nc4)nc3)c2n1. The molecule has 0 aliphatic heterocycles. The number of nitrogens with zero attached hydrogens (tertiary/aromatic N) is 5. The van der Waals surface area contributed by atoms with Gasteiger partial charge in [-0.25, -0.2) is 18.6 Å². The van der Waals surface area contributed by atoms with E-state index in [9.17, 15) is 13.6 Å². The Labute approximate surface area is 204 Å². The van der Waals surface area contributed by atoms with E-state index in [0.29, 0.717) is 35.1 Å². The lowest BCUT2D eigenvalue weighted by Crippen LogP contribution is -2.21. The zero-order valence-corrected chi connectivity index (χ0v) is 19.6. The number of unbranched alkanes of at least 4 members (excludes halogenated alkanes) is 1. The summed E-state index contributed by atoms with van der Waals surface area (Å²) in [6, 6.07) is 6.91. The number of nitrogens with two attached hydrogens (primary N) is 1. The van der Waals surface area contributed by atoms with Crippen molar-refractivity contribution in [1.29, 1.82) is 0 Å². The molecule has 4 aromatic heterocycles. The van der Waals surface area contributed by atoms with Gasteiger partial charge in [0, 0.05) is 18.8 Å². The Morgan fingerprint density at radius 2 is 2.03 bits per heavy atom. The first kappa shape index (κ1) is 25.0. The van der Waals surface area contributed by atoms with E-state index in [1.165, 1.54) is 10.8 Å². The first-order valence-corrected chi connectivity index (χ1v) is 11.4. The van der Waals surface area contributed by atoms with Crippen LogP contribution in [0.4, 0.5) is 14.6 Å². The second-order valence-electron chi connectivity index (χ2n) is 7.92. The molecular weight excluding hydrogens is 474 g/mol. The number of aromatic nitrogens is 6. The quantitative estimate of drug-likeness (QED) is 0.250. The number of pyridine rings is 2. The summed E-state index contributed by atoms with van der Waals surface area (Å²) >= 11 is 0. The molecule has 0 amide bonds. The fourth-order valence-electron chi connectivity index (χ4n) is 3.30. The Hall–Kier alpha value is -4.13. The maximum absolute atomic E-state index is 12.6. The van der Waals surface area contributed by atoms with E-state index in [0.717, 1.165) is 18.4 Å². The molecule has 4 heterocycles. The first-order valence-electron chi connectivity index (χ1n) is 11.4. The molecule has 13 heteroatoms. The summed E-state index contributed by atoms with van der Waals surface area (Å²) in [4.78, 5) is 32.2. The number of anilines is 1. The van der Waals surface area contributed by atoms with Gasteiger partial charge in [-0.05, 0) is 24.1 Å². The summed E-state index contributed by atoms with van der Waals surface area (Å²) in [6.07, 6.45) is 2.47. The highest BCUT2D eigenvalue weighted by Gasteiger charge is 2.15. The van der Waals surface area contributed by atoms with Crippen molar-refractivity contribution in [2.24, 2.45) is 0 Å². The van der Waals surface area contributed by atoms with Crippen LogP contribution in [0.15, 0.2) is 41.5 Å². The van der Waals surface area contributed by atoms with Crippen LogP contribution in [0.3, 0.4) is 0 Å². The summed E-state index contributed by atoms with van der Waals surface area (Å²) in [5, 5.41) is 2.61. The Morgan fingerprint density at radius 1 is 1.17 bits per heavy atom. The van der Waals surface area contributed by atoms with Gasteiger partial charge in [-0.15, -0.1) is 0 Å². The maximum Gasteiger partial charge on any atom is 0.328 e. The minimum absolute atomic E-state index is 0.118. The molecule has 0 unspecified atom stereocenters. The van der Waals surface area contributed by atoms with Crippen molar-refractivity contribution in [1.82, 2.24) is 34.8 Å². The number of nitrogens with one attached hydrogen (secondary N) is 2. The topological polar surface area (TPSA) is 146 Å². The standard InChI is InChI=1S/C23H26F2N8O3/c1-2-3-8-35-22-31-20(26)19-21(32-22)33(23(34)30-19)13-14-4-7-18(29-9-14)36-16-6-5-15(28-11-16)10-27-12-17(24)25/h4-7,9,11,17,27H,2-3,8,10,12-13H2,1H3,(H,30,34)(H2,26,31,32). The van der Waals surface area contributed by atoms with Crippen molar-refractivity contribution in [3.63, 3.8) is 0 Å². The Balaban J connectivity index is 1.43. The maximum atomic E-state index is 12.6. The van der Waals surface area contributed by atoms with Gasteiger partial charge in [-0.3, -0.25) is 9.55 Å². The number of rotatable bonds is 12. The molecule has 0 aromatic carbocycles. The predicted molar refractivity (Wildman–Crippen MR) is 128 cm³/mol. The molecule has 0 spiro atoms. The molecule has 0 radical (unpaired) electrons. The number of hydrogen-bond donors (Lipinski definition) is 3. The molecule has 4 rings (SSSR count). The molecule has 0 aliphatic rings. The molecule has 36 heavy (non-hydrogen) atoms. The second kappa shape index (κ2) is 11.5. The minimum Gasteiger partial charge on any atom is -0.463 e. The van der Waals surface area contributed by atoms with Crippen LogP contribution < -0.4 is 26.2 Å². The molecule has 4 aromatic rings. The van der Waals surface area contributed by atoms with Crippen LogP contribution in [0.1, 0.15) is 31.0 Å². The van der Waals surface area contributed by atoms with Gasteiger partial charge in [-0.2, -0.15) is 9.97 Å². The van der Waals surface area contributed by atoms with E-state index >= 15 is 0 Å². The first-order chi connectivity index (χ1) is 17.4. The van der Waals surface area contributed by atoms with Crippen molar-refractivity contribution in [3.8, 4) is 17.6 Å². The third kappa shape index (κ3) is 6.30. The predicted octanol–water partition coefficient (Wildman–Crippen LogP) is 2.87. The molecule has 0 saturated heterocycles. The zero-order chi connectivity index (χ0) is 25.5. The lowest BCUT2D eigenvalue weighted by Gasteiger charge is -2.08. The number of aromatic amines is 1. The number of nitrogen functional groups attached to an aromatic ring is 1. The Bertz CT molecular complexity index is 1340. The monoisotopic (exact) mass is 500 g/mol. The van der Waals surface area contributed by atoms with Crippen LogP contribution >= 0.6 is 0 Å². The molecule has 11 nitrogen and oxygen atoms in total. The van der Waals surface area contributed by atoms with E-state index < -0.39 is 13.0 Å². The molecule has 0 saturated carbocycles. The smallest absolute Gasteiger partial charge is 0.328 e. The number of fused-ring (bicyclic) bond motifs is 1. The van der Waals surface area contributed by atoms with Gasteiger partial charge < -0.3 is 25.5 Å². The van der Waals surface area contributed by atoms with Gasteiger partial charge in [-0.1, -0.05) is 19.4 Å². The van der Waals surface area contributed by atoms with Crippen molar-refractivity contribution >= 4 is 17.0 Å². The molecule has 0 atom stereocenters. The molecular formula is C23H26F2N8O3. The largest absolute Gasteiger partial charge is 0.463 e. The lowest BCUT2D eigenvalue weighted by atomic mass is 10.3. The minimum atomic E-state index is -2.41. The fourth-order valence-corrected chi connectivity index (χ4v) is 3.30. The number of hydrogen-bond acceptors (Lipinski definition) is 9. The number of halogens is 2. The van der Waals surface area contributed by atoms with Gasteiger partial charge >= 0.3 is 11.7 Å². The summed E-state index contributed by atoms with van der Waals surface area (Å²) in [7, 11) is 0. The van der Waals surface area contributed by atoms with E-state index in [1.807, 2.05) is 6.92 Å².